The molecule has 0 saturated carbocycles. The van der Waals surface area contributed by atoms with Crippen LogP contribution in [0, 0.1) is 0 Å². The van der Waals surface area contributed by atoms with Crippen LogP contribution in [0.5, 0.6) is 0 Å². The van der Waals surface area contributed by atoms with Crippen LogP contribution in [0.25, 0.3) is 0 Å². The van der Waals surface area contributed by atoms with Crippen LogP contribution in [0.4, 0.5) is 0 Å². The van der Waals surface area contributed by atoms with E-state index >= 15 is 0 Å². The summed E-state index contributed by atoms with van der Waals surface area (Å²) in [5.41, 5.74) is 0. The Hall–Kier alpha value is -2.31. The van der Waals surface area contributed by atoms with Crippen LogP contribution in [0.2, 0.25) is 0 Å². The van der Waals surface area contributed by atoms with Crippen molar-refractivity contribution in [2.75, 3.05) is 33.0 Å². The minimum Gasteiger partial charge on any atom is -0.457 e. The SMILES string of the molecule is CC/C=C\C/C=C\C/C=C\C/C=C\C/C=C\CCCCCCCCCCOCC(COC1OC(COC2OC(CO)C(O)C(O)C2O)C(O)C(O)C1O)OC(=O)CCCCCCCCCCCCCCCCCCCCCCCCCCC. The van der Waals surface area contributed by atoms with Gasteiger partial charge in [-0.2, -0.15) is 0 Å². The molecule has 2 heterocycles. The molecular formula is C69H124O14. The van der Waals surface area contributed by atoms with Crippen LogP contribution >= 0.6 is 0 Å². The summed E-state index contributed by atoms with van der Waals surface area (Å²) in [6.45, 7) is 3.61. The number of rotatable bonds is 56. The van der Waals surface area contributed by atoms with Crippen molar-refractivity contribution < 1.29 is 69.0 Å². The standard InChI is InChI=1S/C69H124O14/c1-3-5-7-9-11-13-15-17-19-21-23-25-27-29-30-32-34-36-38-40-42-44-46-48-50-52-61(71)81-58(56-79-68-67(77)65(75)63(73)60(83-68)57-80-69-66(76)64(74)62(72)59(54-70)82-69)55-78-53-51-49-47-45-43-41-39-37-35-33-31-28-26-24-22-20-18-16-14-12-10-8-6-4-2/h6,8,12,14,18,20,24,26,31,33,58-60,62-70,72-77H,3-5,7,9-11,13,15-17,19,21-23,25,27-30,32,34-57H2,1-2H3/b8-6-,14-12-,20-18-,26-24-,33-31-. The van der Waals surface area contributed by atoms with Gasteiger partial charge in [0.2, 0.25) is 0 Å². The Labute approximate surface area is 504 Å². The average molecular weight is 1180 g/mol. The van der Waals surface area contributed by atoms with E-state index in [2.05, 4.69) is 74.6 Å². The van der Waals surface area contributed by atoms with Crippen molar-refractivity contribution in [2.45, 2.75) is 338 Å². The third kappa shape index (κ3) is 40.7. The lowest BCUT2D eigenvalue weighted by Gasteiger charge is -2.42. The van der Waals surface area contributed by atoms with Crippen molar-refractivity contribution in [2.24, 2.45) is 0 Å². The van der Waals surface area contributed by atoms with Crippen molar-refractivity contribution in [1.29, 1.82) is 0 Å². The Balaban J connectivity index is 1.65. The second kappa shape index (κ2) is 55.0. The number of aliphatic hydroxyl groups is 7. The number of aliphatic hydroxyl groups excluding tert-OH is 7. The van der Waals surface area contributed by atoms with Crippen LogP contribution in [0.15, 0.2) is 60.8 Å². The van der Waals surface area contributed by atoms with Gasteiger partial charge in [-0.05, 0) is 57.8 Å². The molecule has 484 valence electrons. The molecule has 0 aromatic rings. The van der Waals surface area contributed by atoms with Gasteiger partial charge in [-0.1, -0.05) is 267 Å². The topological polar surface area (TPSA) is 214 Å². The van der Waals surface area contributed by atoms with E-state index in [4.69, 9.17) is 28.4 Å². The monoisotopic (exact) mass is 1180 g/mol. The number of carbonyl (C=O) groups is 1. The fourth-order valence-electron chi connectivity index (χ4n) is 10.7. The highest BCUT2D eigenvalue weighted by Crippen LogP contribution is 2.27. The van der Waals surface area contributed by atoms with Gasteiger partial charge >= 0.3 is 5.97 Å². The van der Waals surface area contributed by atoms with E-state index in [1.807, 2.05) is 0 Å². The number of allylic oxidation sites excluding steroid dienone is 10. The smallest absolute Gasteiger partial charge is 0.306 e. The van der Waals surface area contributed by atoms with Crippen molar-refractivity contribution in [3.05, 3.63) is 60.8 Å². The average Bonchev–Trinajstić information content (AvgIpc) is 3.67. The lowest BCUT2D eigenvalue weighted by Crippen LogP contribution is -2.61. The highest BCUT2D eigenvalue weighted by molar-refractivity contribution is 5.69. The van der Waals surface area contributed by atoms with Crippen LogP contribution in [0.3, 0.4) is 0 Å². The van der Waals surface area contributed by atoms with Gasteiger partial charge in [0.25, 0.3) is 0 Å². The Bertz CT molecular complexity index is 1600. The van der Waals surface area contributed by atoms with Crippen LogP contribution in [0.1, 0.15) is 271 Å². The number of ether oxygens (including phenoxy) is 6. The van der Waals surface area contributed by atoms with Gasteiger partial charge in [-0.3, -0.25) is 4.79 Å². The van der Waals surface area contributed by atoms with Gasteiger partial charge in [0.1, 0.15) is 54.9 Å². The maximum Gasteiger partial charge on any atom is 0.306 e. The molecular weight excluding hydrogens is 1050 g/mol. The van der Waals surface area contributed by atoms with E-state index in [1.165, 1.54) is 167 Å². The normalized spacial score (nSPS) is 23.8. The fourth-order valence-corrected chi connectivity index (χ4v) is 10.7. The van der Waals surface area contributed by atoms with Crippen molar-refractivity contribution >= 4 is 5.97 Å². The number of carbonyl (C=O) groups excluding carboxylic acids is 1. The summed E-state index contributed by atoms with van der Waals surface area (Å²) in [7, 11) is 0. The van der Waals surface area contributed by atoms with E-state index in [9.17, 15) is 40.5 Å². The second-order valence-corrected chi connectivity index (χ2v) is 23.6. The van der Waals surface area contributed by atoms with Crippen LogP contribution < -0.4 is 0 Å². The third-order valence-corrected chi connectivity index (χ3v) is 16.0. The summed E-state index contributed by atoms with van der Waals surface area (Å²) in [4.78, 5) is 13.1. The molecule has 7 N–H and O–H groups in total. The van der Waals surface area contributed by atoms with Crippen LogP contribution in [-0.2, 0) is 33.2 Å². The Morgan fingerprint density at radius 3 is 1.23 bits per heavy atom. The highest BCUT2D eigenvalue weighted by Gasteiger charge is 2.47. The summed E-state index contributed by atoms with van der Waals surface area (Å²) in [6, 6.07) is 0. The number of hydrogen-bond acceptors (Lipinski definition) is 14. The predicted molar refractivity (Wildman–Crippen MR) is 335 cm³/mol. The molecule has 0 bridgehead atoms. The molecule has 0 radical (unpaired) electrons. The maximum atomic E-state index is 13.1. The molecule has 2 saturated heterocycles. The molecule has 2 aliphatic heterocycles. The van der Waals surface area contributed by atoms with Gasteiger partial charge in [-0.15, -0.1) is 0 Å². The Kier molecular flexibility index (Phi) is 50.9. The minimum atomic E-state index is -1.71. The molecule has 14 nitrogen and oxygen atoms in total. The first-order valence-corrected chi connectivity index (χ1v) is 33.9. The van der Waals surface area contributed by atoms with Gasteiger partial charge in [0.15, 0.2) is 12.6 Å². The Morgan fingerprint density at radius 2 is 0.783 bits per heavy atom. The van der Waals surface area contributed by atoms with Crippen molar-refractivity contribution in [3.63, 3.8) is 0 Å². The first-order valence-electron chi connectivity index (χ1n) is 33.9. The lowest BCUT2D eigenvalue weighted by atomic mass is 9.98. The van der Waals surface area contributed by atoms with Gasteiger partial charge < -0.3 is 64.2 Å². The molecule has 2 fully saturated rings. The van der Waals surface area contributed by atoms with Gasteiger partial charge in [-0.25, -0.2) is 0 Å². The quantitative estimate of drug-likeness (QED) is 0.0171. The van der Waals surface area contributed by atoms with Gasteiger partial charge in [0, 0.05) is 13.0 Å². The zero-order chi connectivity index (χ0) is 60.1. The zero-order valence-electron chi connectivity index (χ0n) is 52.4. The molecule has 11 atom stereocenters. The van der Waals surface area contributed by atoms with E-state index in [0.29, 0.717) is 13.0 Å². The van der Waals surface area contributed by atoms with E-state index in [1.54, 1.807) is 0 Å². The molecule has 14 heteroatoms. The first kappa shape index (κ1) is 76.8. The highest BCUT2D eigenvalue weighted by atomic mass is 16.7. The molecule has 0 amide bonds. The number of esters is 1. The molecule has 83 heavy (non-hydrogen) atoms. The first-order chi connectivity index (χ1) is 40.6. The van der Waals surface area contributed by atoms with Gasteiger partial charge in [0.05, 0.1) is 26.4 Å². The number of unbranched alkanes of at least 4 members (excludes halogenated alkanes) is 32. The Morgan fingerprint density at radius 1 is 0.410 bits per heavy atom. The molecule has 0 aromatic heterocycles. The predicted octanol–water partition coefficient (Wildman–Crippen LogP) is 14.0. The molecule has 2 aliphatic rings. The van der Waals surface area contributed by atoms with Crippen molar-refractivity contribution in [1.82, 2.24) is 0 Å². The van der Waals surface area contributed by atoms with E-state index in [0.717, 1.165) is 77.0 Å². The maximum absolute atomic E-state index is 13.1. The molecule has 11 unspecified atom stereocenters. The lowest BCUT2D eigenvalue weighted by molar-refractivity contribution is -0.332. The molecule has 0 aliphatic carbocycles. The fraction of sp³-hybridized carbons (Fsp3) is 0.841. The molecule has 2 rings (SSSR count). The molecule has 0 aromatic carbocycles. The van der Waals surface area contributed by atoms with E-state index in [-0.39, 0.29) is 25.6 Å². The number of hydrogen-bond donors (Lipinski definition) is 7. The van der Waals surface area contributed by atoms with Crippen LogP contribution in [-0.4, -0.2) is 142 Å². The third-order valence-electron chi connectivity index (χ3n) is 16.0. The summed E-state index contributed by atoms with van der Waals surface area (Å²) in [5, 5.41) is 72.6. The minimum absolute atomic E-state index is 0.0563. The summed E-state index contributed by atoms with van der Waals surface area (Å²) in [6.07, 6.45) is 54.3. The van der Waals surface area contributed by atoms with E-state index < -0.39 is 80.7 Å². The molecule has 0 spiro atoms. The second-order valence-electron chi connectivity index (χ2n) is 23.6. The summed E-state index contributed by atoms with van der Waals surface area (Å²) >= 11 is 0. The summed E-state index contributed by atoms with van der Waals surface area (Å²) in [5.74, 6) is -0.375. The zero-order valence-corrected chi connectivity index (χ0v) is 52.4. The van der Waals surface area contributed by atoms with Crippen molar-refractivity contribution in [3.8, 4) is 0 Å². The largest absolute Gasteiger partial charge is 0.457 e. The summed E-state index contributed by atoms with van der Waals surface area (Å²) < 4.78 is 34.5.